The standard InChI is InChI=1S/C8H17FO2/c1-4-10-6-8(3,9)7-11-5-2/h4-7H2,1-3H3. The van der Waals surface area contributed by atoms with E-state index in [1.54, 1.807) is 0 Å². The molecule has 0 heterocycles. The molecule has 11 heavy (non-hydrogen) atoms. The molecule has 2 nitrogen and oxygen atoms in total. The summed E-state index contributed by atoms with van der Waals surface area (Å²) < 4.78 is 23.1. The van der Waals surface area contributed by atoms with Crippen molar-refractivity contribution in [1.29, 1.82) is 0 Å². The van der Waals surface area contributed by atoms with Crippen molar-refractivity contribution in [2.45, 2.75) is 26.4 Å². The molecule has 0 aliphatic rings. The van der Waals surface area contributed by atoms with E-state index in [0.29, 0.717) is 13.2 Å². The summed E-state index contributed by atoms with van der Waals surface area (Å²) in [6.45, 7) is 6.50. The summed E-state index contributed by atoms with van der Waals surface area (Å²) >= 11 is 0. The Balaban J connectivity index is 3.43. The lowest BCUT2D eigenvalue weighted by Gasteiger charge is -2.19. The number of rotatable bonds is 6. The first-order chi connectivity index (χ1) is 5.12. The minimum atomic E-state index is -1.34. The molecule has 68 valence electrons. The zero-order valence-electron chi connectivity index (χ0n) is 7.52. The fourth-order valence-electron chi connectivity index (χ4n) is 0.671. The zero-order valence-corrected chi connectivity index (χ0v) is 7.52. The summed E-state index contributed by atoms with van der Waals surface area (Å²) in [5.41, 5.74) is -1.34. The van der Waals surface area contributed by atoms with Gasteiger partial charge in [0.1, 0.15) is 0 Å². The van der Waals surface area contributed by atoms with Crippen molar-refractivity contribution in [3.63, 3.8) is 0 Å². The van der Waals surface area contributed by atoms with Crippen molar-refractivity contribution in [2.75, 3.05) is 26.4 Å². The average molecular weight is 164 g/mol. The van der Waals surface area contributed by atoms with Crippen LogP contribution in [0.1, 0.15) is 20.8 Å². The Kier molecular flexibility index (Phi) is 5.42. The Morgan fingerprint density at radius 2 is 1.45 bits per heavy atom. The van der Waals surface area contributed by atoms with Crippen LogP contribution >= 0.6 is 0 Å². The van der Waals surface area contributed by atoms with E-state index < -0.39 is 5.67 Å². The lowest BCUT2D eigenvalue weighted by atomic mass is 10.2. The molecule has 0 saturated carbocycles. The van der Waals surface area contributed by atoms with E-state index in [1.807, 2.05) is 13.8 Å². The Morgan fingerprint density at radius 3 is 1.73 bits per heavy atom. The fourth-order valence-corrected chi connectivity index (χ4v) is 0.671. The largest absolute Gasteiger partial charge is 0.378 e. The van der Waals surface area contributed by atoms with Crippen LogP contribution in [0.4, 0.5) is 4.39 Å². The Labute approximate surface area is 67.7 Å². The summed E-state index contributed by atoms with van der Waals surface area (Å²) in [6, 6.07) is 0. The van der Waals surface area contributed by atoms with Crippen LogP contribution in [0.25, 0.3) is 0 Å². The van der Waals surface area contributed by atoms with Crippen LogP contribution in [-0.2, 0) is 9.47 Å². The second-order valence-corrected chi connectivity index (χ2v) is 2.69. The molecule has 0 atom stereocenters. The van der Waals surface area contributed by atoms with E-state index in [9.17, 15) is 4.39 Å². The third-order valence-corrected chi connectivity index (χ3v) is 1.21. The van der Waals surface area contributed by atoms with Gasteiger partial charge in [-0.3, -0.25) is 0 Å². The summed E-state index contributed by atoms with van der Waals surface area (Å²) in [5.74, 6) is 0. The summed E-state index contributed by atoms with van der Waals surface area (Å²) in [7, 11) is 0. The molecule has 0 spiro atoms. The molecular weight excluding hydrogens is 147 g/mol. The molecule has 0 aliphatic carbocycles. The first-order valence-corrected chi connectivity index (χ1v) is 3.97. The first-order valence-electron chi connectivity index (χ1n) is 3.97. The Bertz CT molecular complexity index is 84.1. The summed E-state index contributed by atoms with van der Waals surface area (Å²) in [5, 5.41) is 0. The molecule has 0 aromatic rings. The van der Waals surface area contributed by atoms with Crippen molar-refractivity contribution in [1.82, 2.24) is 0 Å². The third kappa shape index (κ3) is 6.26. The monoisotopic (exact) mass is 164 g/mol. The second-order valence-electron chi connectivity index (χ2n) is 2.69. The molecular formula is C8H17FO2. The van der Waals surface area contributed by atoms with Gasteiger partial charge in [-0.05, 0) is 20.8 Å². The highest BCUT2D eigenvalue weighted by atomic mass is 19.1. The van der Waals surface area contributed by atoms with E-state index in [0.717, 1.165) is 0 Å². The normalized spacial score (nSPS) is 12.0. The van der Waals surface area contributed by atoms with Gasteiger partial charge in [0.05, 0.1) is 13.2 Å². The fraction of sp³-hybridized carbons (Fsp3) is 1.00. The van der Waals surface area contributed by atoms with Crippen molar-refractivity contribution in [2.24, 2.45) is 0 Å². The van der Waals surface area contributed by atoms with Crippen LogP contribution in [0.3, 0.4) is 0 Å². The molecule has 0 saturated heterocycles. The van der Waals surface area contributed by atoms with Gasteiger partial charge in [-0.15, -0.1) is 0 Å². The third-order valence-electron chi connectivity index (χ3n) is 1.21. The van der Waals surface area contributed by atoms with Gasteiger partial charge in [0.25, 0.3) is 0 Å². The van der Waals surface area contributed by atoms with Gasteiger partial charge in [-0.25, -0.2) is 4.39 Å². The van der Waals surface area contributed by atoms with Gasteiger partial charge >= 0.3 is 0 Å². The van der Waals surface area contributed by atoms with Crippen LogP contribution < -0.4 is 0 Å². The SMILES string of the molecule is CCOCC(C)(F)COCC. The highest BCUT2D eigenvalue weighted by Gasteiger charge is 2.23. The molecule has 0 N–H and O–H groups in total. The molecule has 3 heteroatoms. The van der Waals surface area contributed by atoms with Gasteiger partial charge in [-0.2, -0.15) is 0 Å². The minimum absolute atomic E-state index is 0.115. The topological polar surface area (TPSA) is 18.5 Å². The number of ether oxygens (including phenoxy) is 2. The number of hydrogen-bond donors (Lipinski definition) is 0. The number of alkyl halides is 1. The quantitative estimate of drug-likeness (QED) is 0.596. The maximum absolute atomic E-state index is 13.2. The molecule has 0 aromatic carbocycles. The van der Waals surface area contributed by atoms with Crippen LogP contribution in [0.15, 0.2) is 0 Å². The lowest BCUT2D eigenvalue weighted by molar-refractivity contribution is -0.0287. The maximum atomic E-state index is 13.2. The molecule has 0 bridgehead atoms. The van der Waals surface area contributed by atoms with Crippen LogP contribution in [0.5, 0.6) is 0 Å². The molecule has 0 unspecified atom stereocenters. The highest BCUT2D eigenvalue weighted by Crippen LogP contribution is 2.10. The first kappa shape index (κ1) is 10.8. The maximum Gasteiger partial charge on any atom is 0.154 e. The Morgan fingerprint density at radius 1 is 1.09 bits per heavy atom. The van der Waals surface area contributed by atoms with Crippen LogP contribution in [0.2, 0.25) is 0 Å². The van der Waals surface area contributed by atoms with Crippen molar-refractivity contribution < 1.29 is 13.9 Å². The van der Waals surface area contributed by atoms with Gasteiger partial charge in [-0.1, -0.05) is 0 Å². The van der Waals surface area contributed by atoms with Gasteiger partial charge in [0.2, 0.25) is 0 Å². The second kappa shape index (κ2) is 5.49. The van der Waals surface area contributed by atoms with E-state index in [2.05, 4.69) is 0 Å². The molecule has 0 radical (unpaired) electrons. The highest BCUT2D eigenvalue weighted by molar-refractivity contribution is 4.71. The lowest BCUT2D eigenvalue weighted by Crippen LogP contribution is -2.31. The molecule has 0 rings (SSSR count). The molecule has 0 aliphatic heterocycles. The van der Waals surface area contributed by atoms with E-state index in [1.165, 1.54) is 6.92 Å². The predicted octanol–water partition coefficient (Wildman–Crippen LogP) is 1.79. The minimum Gasteiger partial charge on any atom is -0.378 e. The summed E-state index contributed by atoms with van der Waals surface area (Å²) in [6.07, 6.45) is 0. The van der Waals surface area contributed by atoms with Crippen LogP contribution in [0, 0.1) is 0 Å². The van der Waals surface area contributed by atoms with Crippen molar-refractivity contribution >= 4 is 0 Å². The molecule has 0 fully saturated rings. The predicted molar refractivity (Wildman–Crippen MR) is 42.5 cm³/mol. The Hall–Kier alpha value is -0.150. The smallest absolute Gasteiger partial charge is 0.154 e. The van der Waals surface area contributed by atoms with E-state index in [4.69, 9.17) is 9.47 Å². The van der Waals surface area contributed by atoms with Gasteiger partial charge in [0, 0.05) is 13.2 Å². The van der Waals surface area contributed by atoms with Crippen molar-refractivity contribution in [3.8, 4) is 0 Å². The van der Waals surface area contributed by atoms with Gasteiger partial charge in [0.15, 0.2) is 5.67 Å². The number of halogens is 1. The zero-order chi connectivity index (χ0) is 8.74. The van der Waals surface area contributed by atoms with E-state index in [-0.39, 0.29) is 13.2 Å². The van der Waals surface area contributed by atoms with Gasteiger partial charge < -0.3 is 9.47 Å². The summed E-state index contributed by atoms with van der Waals surface area (Å²) in [4.78, 5) is 0. The van der Waals surface area contributed by atoms with Crippen molar-refractivity contribution in [3.05, 3.63) is 0 Å². The number of hydrogen-bond acceptors (Lipinski definition) is 2. The van der Waals surface area contributed by atoms with E-state index >= 15 is 0 Å². The molecule has 0 aromatic heterocycles. The average Bonchev–Trinajstić information content (AvgIpc) is 1.97. The van der Waals surface area contributed by atoms with Crippen LogP contribution in [-0.4, -0.2) is 32.1 Å². The molecule has 0 amide bonds.